The molecule has 162 valence electrons. The highest BCUT2D eigenvalue weighted by atomic mass is 16.3. The van der Waals surface area contributed by atoms with Crippen LogP contribution in [0.15, 0.2) is 29.3 Å². The molecule has 2 amide bonds. The SMILES string of the molecule is CCC1(CC)CC(=O)N(C[C@@H]2C(C)[C@H]2C(=O)N[C@@H]2c3ccccc3C[C@@H]2O)C(N)=N1. The van der Waals surface area contributed by atoms with Gasteiger partial charge in [-0.15, -0.1) is 0 Å². The van der Waals surface area contributed by atoms with Crippen LogP contribution in [0.5, 0.6) is 0 Å². The van der Waals surface area contributed by atoms with Gasteiger partial charge in [-0.05, 0) is 35.8 Å². The van der Waals surface area contributed by atoms with Crippen molar-refractivity contribution in [1.29, 1.82) is 0 Å². The van der Waals surface area contributed by atoms with Gasteiger partial charge < -0.3 is 16.2 Å². The largest absolute Gasteiger partial charge is 0.390 e. The van der Waals surface area contributed by atoms with Crippen LogP contribution in [0.3, 0.4) is 0 Å². The molecule has 1 unspecified atom stereocenters. The lowest BCUT2D eigenvalue weighted by atomic mass is 9.88. The predicted octanol–water partition coefficient (Wildman–Crippen LogP) is 1.75. The zero-order valence-corrected chi connectivity index (χ0v) is 18.0. The highest BCUT2D eigenvalue weighted by molar-refractivity contribution is 5.99. The number of benzene rings is 1. The van der Waals surface area contributed by atoms with Crippen molar-refractivity contribution >= 4 is 17.8 Å². The van der Waals surface area contributed by atoms with E-state index in [1.165, 1.54) is 0 Å². The number of fused-ring (bicyclic) bond motifs is 1. The first kappa shape index (κ1) is 20.8. The maximum Gasteiger partial charge on any atom is 0.231 e. The smallest absolute Gasteiger partial charge is 0.231 e. The third-order valence-corrected chi connectivity index (χ3v) is 7.49. The first-order chi connectivity index (χ1) is 14.3. The fraction of sp³-hybridized carbons (Fsp3) is 0.609. The van der Waals surface area contributed by atoms with Crippen molar-refractivity contribution in [2.45, 2.75) is 64.1 Å². The van der Waals surface area contributed by atoms with Crippen molar-refractivity contribution in [3.05, 3.63) is 35.4 Å². The Bertz CT molecular complexity index is 879. The molecule has 3 aliphatic rings. The van der Waals surface area contributed by atoms with Crippen LogP contribution < -0.4 is 11.1 Å². The molecule has 4 rings (SSSR count). The van der Waals surface area contributed by atoms with E-state index in [1.54, 1.807) is 4.90 Å². The van der Waals surface area contributed by atoms with E-state index in [0.29, 0.717) is 19.4 Å². The zero-order valence-electron chi connectivity index (χ0n) is 18.0. The van der Waals surface area contributed by atoms with Crippen LogP contribution in [0, 0.1) is 17.8 Å². The van der Waals surface area contributed by atoms with Crippen molar-refractivity contribution in [2.75, 3.05) is 6.54 Å². The molecule has 0 radical (unpaired) electrons. The average Bonchev–Trinajstić information content (AvgIpc) is 3.26. The Morgan fingerprint density at radius 2 is 2.03 bits per heavy atom. The van der Waals surface area contributed by atoms with E-state index in [4.69, 9.17) is 5.73 Å². The van der Waals surface area contributed by atoms with Gasteiger partial charge in [0.1, 0.15) is 0 Å². The minimum absolute atomic E-state index is 0.00963. The van der Waals surface area contributed by atoms with Gasteiger partial charge in [0.15, 0.2) is 5.96 Å². The first-order valence-electron chi connectivity index (χ1n) is 11.0. The second-order valence-corrected chi connectivity index (χ2v) is 9.09. The predicted molar refractivity (Wildman–Crippen MR) is 114 cm³/mol. The molecular weight excluding hydrogens is 380 g/mol. The first-order valence-corrected chi connectivity index (χ1v) is 11.0. The van der Waals surface area contributed by atoms with E-state index in [2.05, 4.69) is 10.3 Å². The lowest BCUT2D eigenvalue weighted by molar-refractivity contribution is -0.130. The van der Waals surface area contributed by atoms with Gasteiger partial charge in [-0.2, -0.15) is 0 Å². The van der Waals surface area contributed by atoms with Crippen LogP contribution in [0.25, 0.3) is 0 Å². The molecule has 2 aliphatic carbocycles. The van der Waals surface area contributed by atoms with Gasteiger partial charge in [0, 0.05) is 18.9 Å². The van der Waals surface area contributed by atoms with Gasteiger partial charge in [-0.3, -0.25) is 14.5 Å². The summed E-state index contributed by atoms with van der Waals surface area (Å²) in [6.07, 6.45) is 1.86. The Balaban J connectivity index is 1.41. The fourth-order valence-corrected chi connectivity index (χ4v) is 5.17. The van der Waals surface area contributed by atoms with Crippen molar-refractivity contribution < 1.29 is 14.7 Å². The Morgan fingerprint density at radius 3 is 2.70 bits per heavy atom. The number of hydrogen-bond donors (Lipinski definition) is 3. The summed E-state index contributed by atoms with van der Waals surface area (Å²) < 4.78 is 0. The van der Waals surface area contributed by atoms with E-state index >= 15 is 0 Å². The topological polar surface area (TPSA) is 108 Å². The lowest BCUT2D eigenvalue weighted by Gasteiger charge is -2.36. The van der Waals surface area contributed by atoms with Crippen LogP contribution in [-0.2, 0) is 16.0 Å². The molecule has 1 saturated carbocycles. The molecule has 0 aromatic heterocycles. The highest BCUT2D eigenvalue weighted by Crippen LogP contribution is 2.47. The molecule has 1 aliphatic heterocycles. The zero-order chi connectivity index (χ0) is 21.6. The number of aliphatic hydroxyl groups excluding tert-OH is 1. The molecule has 0 spiro atoms. The summed E-state index contributed by atoms with van der Waals surface area (Å²) >= 11 is 0. The lowest BCUT2D eigenvalue weighted by Crippen LogP contribution is -2.52. The third-order valence-electron chi connectivity index (χ3n) is 7.49. The summed E-state index contributed by atoms with van der Waals surface area (Å²) in [5.74, 6) is 0.216. The number of nitrogens with zero attached hydrogens (tertiary/aromatic N) is 2. The van der Waals surface area contributed by atoms with Gasteiger partial charge in [0.05, 0.1) is 24.1 Å². The normalized spacial score (nSPS) is 31.9. The van der Waals surface area contributed by atoms with Crippen molar-refractivity contribution in [2.24, 2.45) is 28.5 Å². The molecule has 4 N–H and O–H groups in total. The second kappa shape index (κ2) is 7.69. The Kier molecular flexibility index (Phi) is 5.34. The summed E-state index contributed by atoms with van der Waals surface area (Å²) in [4.78, 5) is 31.9. The summed E-state index contributed by atoms with van der Waals surface area (Å²) in [5.41, 5.74) is 7.84. The molecule has 0 bridgehead atoms. The number of nitrogens with one attached hydrogen (secondary N) is 1. The molecule has 1 fully saturated rings. The number of nitrogens with two attached hydrogens (primary N) is 1. The molecule has 1 aromatic rings. The molecule has 30 heavy (non-hydrogen) atoms. The summed E-state index contributed by atoms with van der Waals surface area (Å²) in [5, 5.41) is 13.5. The number of amides is 2. The third kappa shape index (κ3) is 3.49. The van der Waals surface area contributed by atoms with Crippen LogP contribution in [-0.4, -0.2) is 46.0 Å². The number of hydrogen-bond acceptors (Lipinski definition) is 5. The minimum Gasteiger partial charge on any atom is -0.390 e. The van der Waals surface area contributed by atoms with Crippen LogP contribution >= 0.6 is 0 Å². The van der Waals surface area contributed by atoms with Crippen LogP contribution in [0.2, 0.25) is 0 Å². The maximum absolute atomic E-state index is 13.0. The van der Waals surface area contributed by atoms with Gasteiger partial charge in [-0.1, -0.05) is 45.0 Å². The van der Waals surface area contributed by atoms with Crippen LogP contribution in [0.4, 0.5) is 0 Å². The summed E-state index contributed by atoms with van der Waals surface area (Å²) in [6.45, 7) is 6.50. The maximum atomic E-state index is 13.0. The number of guanidine groups is 1. The minimum atomic E-state index is -0.610. The highest BCUT2D eigenvalue weighted by Gasteiger charge is 2.54. The average molecular weight is 413 g/mol. The Morgan fingerprint density at radius 1 is 1.33 bits per heavy atom. The van der Waals surface area contributed by atoms with E-state index in [9.17, 15) is 14.7 Å². The van der Waals surface area contributed by atoms with Gasteiger partial charge in [-0.25, -0.2) is 4.99 Å². The van der Waals surface area contributed by atoms with E-state index in [-0.39, 0.29) is 41.6 Å². The van der Waals surface area contributed by atoms with Crippen LogP contribution in [0.1, 0.15) is 57.2 Å². The second-order valence-electron chi connectivity index (χ2n) is 9.09. The number of rotatable bonds is 6. The molecule has 7 heteroatoms. The molecule has 0 saturated heterocycles. The fourth-order valence-electron chi connectivity index (χ4n) is 5.17. The Hall–Kier alpha value is -2.41. The monoisotopic (exact) mass is 412 g/mol. The standard InChI is InChI=1S/C23H32N4O3/c1-4-23(5-2)11-18(29)27(22(24)26-23)12-16-13(3)19(16)21(30)25-20-15-9-7-6-8-14(15)10-17(20)28/h6-9,13,16-17,19-20,28H,4-5,10-12H2,1-3H3,(H2,24,26)(H,25,30)/t13?,16-,17+,19-,20-/m1/s1. The molecule has 1 heterocycles. The molecule has 7 nitrogen and oxygen atoms in total. The van der Waals surface area contributed by atoms with Gasteiger partial charge >= 0.3 is 0 Å². The molecule has 5 atom stereocenters. The van der Waals surface area contributed by atoms with E-state index in [0.717, 1.165) is 24.0 Å². The Labute approximate surface area is 177 Å². The van der Waals surface area contributed by atoms with Gasteiger partial charge in [0.25, 0.3) is 0 Å². The van der Waals surface area contributed by atoms with Crippen molar-refractivity contribution in [1.82, 2.24) is 10.2 Å². The molecule has 1 aromatic carbocycles. The molecular formula is C23H32N4O3. The van der Waals surface area contributed by atoms with Crippen molar-refractivity contribution in [3.8, 4) is 0 Å². The summed E-state index contributed by atoms with van der Waals surface area (Å²) in [6, 6.07) is 7.45. The number of carbonyl (C=O) groups excluding carboxylic acids is 2. The number of carbonyl (C=O) groups is 2. The number of aliphatic hydroxyl groups is 1. The van der Waals surface area contributed by atoms with Crippen molar-refractivity contribution in [3.63, 3.8) is 0 Å². The van der Waals surface area contributed by atoms with Gasteiger partial charge in [0.2, 0.25) is 11.8 Å². The summed E-state index contributed by atoms with van der Waals surface area (Å²) in [7, 11) is 0. The van der Waals surface area contributed by atoms with E-state index in [1.807, 2.05) is 45.0 Å². The van der Waals surface area contributed by atoms with E-state index < -0.39 is 11.6 Å². The quantitative estimate of drug-likeness (QED) is 0.661. The number of aliphatic imine (C=N–C) groups is 1.